The van der Waals surface area contributed by atoms with Crippen molar-refractivity contribution in [1.82, 2.24) is 24.8 Å². The molecule has 2 aliphatic rings. The summed E-state index contributed by atoms with van der Waals surface area (Å²) in [4.78, 5) is 33.0. The van der Waals surface area contributed by atoms with Crippen molar-refractivity contribution in [3.8, 4) is 17.4 Å². The Labute approximate surface area is 216 Å². The lowest BCUT2D eigenvalue weighted by molar-refractivity contribution is 0.156. The summed E-state index contributed by atoms with van der Waals surface area (Å²) >= 11 is 0. The van der Waals surface area contributed by atoms with E-state index in [2.05, 4.69) is 78.3 Å². The van der Waals surface area contributed by atoms with Crippen LogP contribution in [0.25, 0.3) is 11.4 Å². The van der Waals surface area contributed by atoms with Crippen molar-refractivity contribution in [2.75, 3.05) is 18.0 Å². The topological polar surface area (TPSA) is 87.2 Å². The minimum absolute atomic E-state index is 0.00357. The number of nitrogens with one attached hydrogen (secondary N) is 1. The third-order valence-electron chi connectivity index (χ3n) is 7.27. The van der Waals surface area contributed by atoms with Gasteiger partial charge in [-0.05, 0) is 41.8 Å². The Morgan fingerprint density at radius 2 is 1.84 bits per heavy atom. The van der Waals surface area contributed by atoms with E-state index >= 15 is 0 Å². The summed E-state index contributed by atoms with van der Waals surface area (Å²) in [6.45, 7) is 6.49. The van der Waals surface area contributed by atoms with E-state index in [-0.39, 0.29) is 17.7 Å². The molecule has 2 aromatic heterocycles. The molecule has 6 rings (SSSR count). The number of fused-ring (bicyclic) bond motifs is 1. The molecule has 8 heteroatoms. The van der Waals surface area contributed by atoms with Crippen molar-refractivity contribution in [2.45, 2.75) is 45.5 Å². The maximum atomic E-state index is 12.5. The number of piperidine rings is 1. The van der Waals surface area contributed by atoms with Gasteiger partial charge in [-0.25, -0.2) is 9.97 Å². The van der Waals surface area contributed by atoms with E-state index in [9.17, 15) is 4.79 Å². The molecule has 0 amide bonds. The lowest BCUT2D eigenvalue weighted by atomic mass is 10.0. The number of ether oxygens (including phenoxy) is 1. The zero-order valence-electron chi connectivity index (χ0n) is 20.9. The molecular weight excluding hydrogens is 464 g/mol. The third-order valence-corrected chi connectivity index (χ3v) is 7.27. The van der Waals surface area contributed by atoms with Gasteiger partial charge in [0, 0.05) is 63.0 Å². The number of hydrogen-bond donors (Lipinski definition) is 1. The summed E-state index contributed by atoms with van der Waals surface area (Å²) in [5.74, 6) is 0. The highest BCUT2D eigenvalue weighted by molar-refractivity contribution is 5.57. The van der Waals surface area contributed by atoms with Crippen LogP contribution in [-0.2, 0) is 19.6 Å². The predicted molar refractivity (Wildman–Crippen MR) is 142 cm³/mol. The van der Waals surface area contributed by atoms with Gasteiger partial charge >= 0.3 is 0 Å². The molecule has 0 unspecified atom stereocenters. The van der Waals surface area contributed by atoms with Gasteiger partial charge in [0.05, 0.1) is 5.69 Å². The number of aromatic nitrogens is 4. The van der Waals surface area contributed by atoms with Crippen molar-refractivity contribution in [1.29, 1.82) is 0 Å². The highest BCUT2D eigenvalue weighted by atomic mass is 16.5. The molecule has 1 N–H and O–H groups in total. The van der Waals surface area contributed by atoms with Crippen LogP contribution in [0.3, 0.4) is 0 Å². The second-order valence-electron chi connectivity index (χ2n) is 9.83. The monoisotopic (exact) mass is 494 g/mol. The SMILES string of the molecule is Cc1c(-c2ccncn2)nc(OC2CCN(c3ccc4c(c3)CN(Cc3ccccc3)C4)CC2)[nH]c1=O. The number of benzene rings is 2. The van der Waals surface area contributed by atoms with E-state index in [1.807, 2.05) is 0 Å². The van der Waals surface area contributed by atoms with Gasteiger partial charge in [0.2, 0.25) is 0 Å². The summed E-state index contributed by atoms with van der Waals surface area (Å²) in [6.07, 6.45) is 4.81. The normalized spacial score (nSPS) is 16.1. The first-order chi connectivity index (χ1) is 18.1. The van der Waals surface area contributed by atoms with Gasteiger partial charge in [-0.15, -0.1) is 0 Å². The molecule has 4 aromatic rings. The number of rotatable bonds is 6. The van der Waals surface area contributed by atoms with Crippen LogP contribution in [0.15, 0.2) is 71.9 Å². The fourth-order valence-corrected chi connectivity index (χ4v) is 5.24. The molecule has 8 nitrogen and oxygen atoms in total. The molecule has 0 atom stereocenters. The first-order valence-electron chi connectivity index (χ1n) is 12.8. The molecule has 4 heterocycles. The minimum Gasteiger partial charge on any atom is -0.461 e. The lowest BCUT2D eigenvalue weighted by Gasteiger charge is -2.33. The maximum Gasteiger partial charge on any atom is 0.297 e. The van der Waals surface area contributed by atoms with Crippen molar-refractivity contribution >= 4 is 5.69 Å². The van der Waals surface area contributed by atoms with Crippen LogP contribution in [-0.4, -0.2) is 44.0 Å². The zero-order valence-corrected chi connectivity index (χ0v) is 20.9. The molecule has 37 heavy (non-hydrogen) atoms. The summed E-state index contributed by atoms with van der Waals surface area (Å²) in [5.41, 5.74) is 6.90. The van der Waals surface area contributed by atoms with Gasteiger partial charge in [-0.3, -0.25) is 14.7 Å². The molecule has 188 valence electrons. The summed E-state index contributed by atoms with van der Waals surface area (Å²) < 4.78 is 6.14. The van der Waals surface area contributed by atoms with Crippen LogP contribution in [0, 0.1) is 6.92 Å². The van der Waals surface area contributed by atoms with Crippen molar-refractivity contribution < 1.29 is 4.74 Å². The van der Waals surface area contributed by atoms with Crippen LogP contribution < -0.4 is 15.2 Å². The van der Waals surface area contributed by atoms with Crippen LogP contribution in [0.1, 0.15) is 35.1 Å². The van der Waals surface area contributed by atoms with E-state index in [1.54, 1.807) is 19.2 Å². The van der Waals surface area contributed by atoms with Gasteiger partial charge in [0.1, 0.15) is 18.1 Å². The second kappa shape index (κ2) is 10.1. The third kappa shape index (κ3) is 5.11. The van der Waals surface area contributed by atoms with E-state index in [0.29, 0.717) is 17.0 Å². The number of aromatic amines is 1. The van der Waals surface area contributed by atoms with Gasteiger partial charge in [-0.1, -0.05) is 36.4 Å². The average molecular weight is 495 g/mol. The minimum atomic E-state index is -0.213. The Morgan fingerprint density at radius 3 is 2.62 bits per heavy atom. The number of hydrogen-bond acceptors (Lipinski definition) is 7. The molecule has 0 aliphatic carbocycles. The van der Waals surface area contributed by atoms with Gasteiger partial charge in [-0.2, -0.15) is 4.98 Å². The van der Waals surface area contributed by atoms with Crippen LogP contribution >= 0.6 is 0 Å². The summed E-state index contributed by atoms with van der Waals surface area (Å²) in [5, 5.41) is 0. The Morgan fingerprint density at radius 1 is 1.03 bits per heavy atom. The van der Waals surface area contributed by atoms with Crippen molar-refractivity contribution in [3.05, 3.63) is 99.7 Å². The summed E-state index contributed by atoms with van der Waals surface area (Å²) in [7, 11) is 0. The molecule has 1 fully saturated rings. The van der Waals surface area contributed by atoms with Crippen LogP contribution in [0.4, 0.5) is 5.69 Å². The standard InChI is InChI=1S/C29H30N6O2/c1-20-27(26-9-12-30-19-31-26)32-29(33-28(20)36)37-25-10-13-35(14-11-25)24-8-7-22-17-34(18-23(22)15-24)16-21-5-3-2-4-6-21/h2-9,12,15,19,25H,10-11,13-14,16-18H2,1H3,(H,32,33,36). The van der Waals surface area contributed by atoms with Crippen molar-refractivity contribution in [2.24, 2.45) is 0 Å². The predicted octanol–water partition coefficient (Wildman–Crippen LogP) is 4.10. The van der Waals surface area contributed by atoms with Crippen LogP contribution in [0.2, 0.25) is 0 Å². The molecule has 1 saturated heterocycles. The van der Waals surface area contributed by atoms with Crippen LogP contribution in [0.5, 0.6) is 6.01 Å². The smallest absolute Gasteiger partial charge is 0.297 e. The molecular formula is C29H30N6O2. The first kappa shape index (κ1) is 23.4. The highest BCUT2D eigenvalue weighted by Gasteiger charge is 2.25. The second-order valence-corrected chi connectivity index (χ2v) is 9.83. The first-order valence-corrected chi connectivity index (χ1v) is 12.8. The molecule has 2 aromatic carbocycles. The van der Waals surface area contributed by atoms with Gasteiger partial charge in [0.15, 0.2) is 0 Å². The molecule has 0 saturated carbocycles. The zero-order chi connectivity index (χ0) is 25.2. The van der Waals surface area contributed by atoms with Crippen molar-refractivity contribution in [3.63, 3.8) is 0 Å². The molecule has 0 spiro atoms. The fourth-order valence-electron chi connectivity index (χ4n) is 5.24. The number of nitrogens with zero attached hydrogens (tertiary/aromatic N) is 5. The Hall–Kier alpha value is -4.04. The van der Waals surface area contributed by atoms with Gasteiger partial charge < -0.3 is 9.64 Å². The Balaban J connectivity index is 1.08. The molecule has 2 aliphatic heterocycles. The van der Waals surface area contributed by atoms with E-state index in [1.165, 1.54) is 28.7 Å². The maximum absolute atomic E-state index is 12.5. The molecule has 0 radical (unpaired) electrons. The highest BCUT2D eigenvalue weighted by Crippen LogP contribution is 2.30. The van der Waals surface area contributed by atoms with E-state index in [0.717, 1.165) is 45.6 Å². The lowest BCUT2D eigenvalue weighted by Crippen LogP contribution is -2.38. The van der Waals surface area contributed by atoms with Gasteiger partial charge in [0.25, 0.3) is 11.6 Å². The fraction of sp³-hybridized carbons (Fsp3) is 0.310. The number of anilines is 1. The average Bonchev–Trinajstić information content (AvgIpc) is 3.33. The van der Waals surface area contributed by atoms with E-state index in [4.69, 9.17) is 4.74 Å². The molecule has 0 bridgehead atoms. The Bertz CT molecular complexity index is 1430. The Kier molecular flexibility index (Phi) is 6.40. The number of H-pyrrole nitrogens is 1. The largest absolute Gasteiger partial charge is 0.461 e. The van der Waals surface area contributed by atoms with E-state index < -0.39 is 0 Å². The quantitative estimate of drug-likeness (QED) is 0.432. The summed E-state index contributed by atoms with van der Waals surface area (Å²) in [6, 6.07) is 19.5.